The van der Waals surface area contributed by atoms with Crippen LogP contribution in [0.1, 0.15) is 33.6 Å². The quantitative estimate of drug-likeness (QED) is 0.651. The summed E-state index contributed by atoms with van der Waals surface area (Å²) in [5, 5.41) is 5.96. The first-order chi connectivity index (χ1) is 10.2. The number of carbonyl (C=O) groups is 1. The minimum atomic E-state index is -0.00436. The lowest BCUT2D eigenvalue weighted by atomic mass is 10.2. The van der Waals surface area contributed by atoms with Crippen molar-refractivity contribution in [2.24, 2.45) is 0 Å². The van der Waals surface area contributed by atoms with Crippen molar-refractivity contribution >= 4 is 11.6 Å². The van der Waals surface area contributed by atoms with Gasteiger partial charge in [0, 0.05) is 18.3 Å². The Morgan fingerprint density at radius 2 is 1.81 bits per heavy atom. The van der Waals surface area contributed by atoms with Crippen LogP contribution in [-0.4, -0.2) is 32.2 Å². The summed E-state index contributed by atoms with van der Waals surface area (Å²) < 4.78 is 11.1. The number of hydrogen-bond acceptors (Lipinski definition) is 4. The van der Waals surface area contributed by atoms with Crippen molar-refractivity contribution in [3.05, 3.63) is 18.2 Å². The van der Waals surface area contributed by atoms with Crippen LogP contribution in [0.4, 0.5) is 5.69 Å². The van der Waals surface area contributed by atoms with E-state index in [0.29, 0.717) is 19.0 Å². The Hall–Kier alpha value is -1.91. The van der Waals surface area contributed by atoms with E-state index < -0.39 is 0 Å². The molecule has 5 heteroatoms. The first-order valence-corrected chi connectivity index (χ1v) is 7.61. The van der Waals surface area contributed by atoms with Crippen molar-refractivity contribution in [2.45, 2.75) is 33.6 Å². The predicted molar refractivity (Wildman–Crippen MR) is 85.2 cm³/mol. The molecule has 0 aliphatic rings. The molecule has 0 saturated heterocycles. The summed E-state index contributed by atoms with van der Waals surface area (Å²) in [5.41, 5.74) is 0.840. The molecule has 1 aromatic carbocycles. The maximum absolute atomic E-state index is 11.6. The van der Waals surface area contributed by atoms with Gasteiger partial charge in [0.05, 0.1) is 19.8 Å². The van der Waals surface area contributed by atoms with E-state index in [2.05, 4.69) is 17.6 Å². The molecule has 0 bridgehead atoms. The molecule has 0 aliphatic heterocycles. The molecule has 0 spiro atoms. The van der Waals surface area contributed by atoms with Crippen LogP contribution in [-0.2, 0) is 4.79 Å². The monoisotopic (exact) mass is 294 g/mol. The number of nitrogens with one attached hydrogen (secondary N) is 2. The van der Waals surface area contributed by atoms with E-state index >= 15 is 0 Å². The highest BCUT2D eigenvalue weighted by molar-refractivity contribution is 5.80. The highest BCUT2D eigenvalue weighted by atomic mass is 16.5. The molecular formula is C16H26N2O3. The van der Waals surface area contributed by atoms with E-state index in [1.54, 1.807) is 0 Å². The van der Waals surface area contributed by atoms with Gasteiger partial charge in [0.2, 0.25) is 5.91 Å². The molecule has 0 radical (unpaired) electrons. The fraction of sp³-hybridized carbons (Fsp3) is 0.562. The van der Waals surface area contributed by atoms with Gasteiger partial charge in [0.25, 0.3) is 0 Å². The highest BCUT2D eigenvalue weighted by Gasteiger charge is 2.07. The van der Waals surface area contributed by atoms with E-state index in [1.165, 1.54) is 0 Å². The third-order valence-corrected chi connectivity index (χ3v) is 2.85. The topological polar surface area (TPSA) is 59.6 Å². The van der Waals surface area contributed by atoms with Gasteiger partial charge >= 0.3 is 0 Å². The van der Waals surface area contributed by atoms with E-state index in [-0.39, 0.29) is 12.5 Å². The molecular weight excluding hydrogens is 268 g/mol. The van der Waals surface area contributed by atoms with Crippen LogP contribution in [0, 0.1) is 0 Å². The van der Waals surface area contributed by atoms with Crippen LogP contribution < -0.4 is 20.1 Å². The summed E-state index contributed by atoms with van der Waals surface area (Å²) in [7, 11) is 0. The molecule has 0 saturated carbocycles. The average molecular weight is 294 g/mol. The summed E-state index contributed by atoms with van der Waals surface area (Å²) in [4.78, 5) is 11.6. The van der Waals surface area contributed by atoms with Gasteiger partial charge in [-0.25, -0.2) is 0 Å². The lowest BCUT2D eigenvalue weighted by Crippen LogP contribution is -2.30. The zero-order valence-electron chi connectivity index (χ0n) is 13.2. The fourth-order valence-electron chi connectivity index (χ4n) is 1.81. The number of hydrogen-bond donors (Lipinski definition) is 2. The number of ether oxygens (including phenoxy) is 2. The van der Waals surface area contributed by atoms with Gasteiger partial charge in [-0.15, -0.1) is 0 Å². The van der Waals surface area contributed by atoms with Crippen molar-refractivity contribution in [2.75, 3.05) is 31.6 Å². The van der Waals surface area contributed by atoms with Gasteiger partial charge in [-0.3, -0.25) is 4.79 Å². The van der Waals surface area contributed by atoms with Crippen LogP contribution in [0.3, 0.4) is 0 Å². The second-order valence-corrected chi connectivity index (χ2v) is 4.58. The maximum Gasteiger partial charge on any atom is 0.239 e. The molecule has 1 rings (SSSR count). The van der Waals surface area contributed by atoms with Crippen molar-refractivity contribution in [3.8, 4) is 11.5 Å². The van der Waals surface area contributed by atoms with Gasteiger partial charge in [0.15, 0.2) is 11.5 Å². The van der Waals surface area contributed by atoms with Crippen LogP contribution >= 0.6 is 0 Å². The first kappa shape index (κ1) is 17.1. The standard InChI is InChI=1S/C16H26N2O3/c1-4-7-10-17-16(19)12-18-13-8-9-14(20-5-2)15(11-13)21-6-3/h8-9,11,18H,4-7,10,12H2,1-3H3,(H,17,19). The molecule has 0 heterocycles. The average Bonchev–Trinajstić information content (AvgIpc) is 2.48. The number of benzene rings is 1. The summed E-state index contributed by atoms with van der Waals surface area (Å²) >= 11 is 0. The summed E-state index contributed by atoms with van der Waals surface area (Å²) in [6, 6.07) is 5.59. The third kappa shape index (κ3) is 6.38. The number of unbranched alkanes of at least 4 members (excludes halogenated alkanes) is 1. The van der Waals surface area contributed by atoms with Crippen molar-refractivity contribution in [1.82, 2.24) is 5.32 Å². The number of anilines is 1. The van der Waals surface area contributed by atoms with Crippen molar-refractivity contribution in [3.63, 3.8) is 0 Å². The van der Waals surface area contributed by atoms with Gasteiger partial charge < -0.3 is 20.1 Å². The normalized spacial score (nSPS) is 10.0. The van der Waals surface area contributed by atoms with Crippen molar-refractivity contribution < 1.29 is 14.3 Å². The van der Waals surface area contributed by atoms with E-state index in [1.807, 2.05) is 32.0 Å². The molecule has 0 atom stereocenters. The van der Waals surface area contributed by atoms with Crippen LogP contribution in [0.5, 0.6) is 11.5 Å². The van der Waals surface area contributed by atoms with E-state index in [9.17, 15) is 4.79 Å². The van der Waals surface area contributed by atoms with Gasteiger partial charge in [-0.1, -0.05) is 13.3 Å². The summed E-state index contributed by atoms with van der Waals surface area (Å²) in [5.74, 6) is 1.41. The maximum atomic E-state index is 11.6. The molecule has 2 N–H and O–H groups in total. The van der Waals surface area contributed by atoms with Gasteiger partial charge in [-0.05, 0) is 32.4 Å². The molecule has 1 aromatic rings. The Balaban J connectivity index is 2.54. The van der Waals surface area contributed by atoms with E-state index in [0.717, 1.165) is 30.8 Å². The zero-order chi connectivity index (χ0) is 15.5. The minimum absolute atomic E-state index is 0.00436. The number of carbonyl (C=O) groups excluding carboxylic acids is 1. The highest BCUT2D eigenvalue weighted by Crippen LogP contribution is 2.30. The Morgan fingerprint density at radius 1 is 1.10 bits per heavy atom. The predicted octanol–water partition coefficient (Wildman–Crippen LogP) is 2.81. The molecule has 21 heavy (non-hydrogen) atoms. The largest absolute Gasteiger partial charge is 0.490 e. The first-order valence-electron chi connectivity index (χ1n) is 7.61. The molecule has 1 amide bonds. The fourth-order valence-corrected chi connectivity index (χ4v) is 1.81. The second-order valence-electron chi connectivity index (χ2n) is 4.58. The Labute approximate surface area is 127 Å². The molecule has 0 fully saturated rings. The molecule has 0 unspecified atom stereocenters. The number of rotatable bonds is 10. The SMILES string of the molecule is CCCCNC(=O)CNc1ccc(OCC)c(OCC)c1. The smallest absolute Gasteiger partial charge is 0.239 e. The second kappa shape index (κ2) is 9.91. The lowest BCUT2D eigenvalue weighted by Gasteiger charge is -2.13. The Kier molecular flexibility index (Phi) is 8.09. The molecule has 118 valence electrons. The Bertz CT molecular complexity index is 436. The Morgan fingerprint density at radius 3 is 2.48 bits per heavy atom. The summed E-state index contributed by atoms with van der Waals surface area (Å²) in [6.45, 7) is 8.10. The van der Waals surface area contributed by atoms with Gasteiger partial charge in [-0.2, -0.15) is 0 Å². The third-order valence-electron chi connectivity index (χ3n) is 2.85. The van der Waals surface area contributed by atoms with Crippen LogP contribution in [0.25, 0.3) is 0 Å². The molecule has 0 aliphatic carbocycles. The van der Waals surface area contributed by atoms with E-state index in [4.69, 9.17) is 9.47 Å². The zero-order valence-corrected chi connectivity index (χ0v) is 13.2. The number of amides is 1. The van der Waals surface area contributed by atoms with Crippen LogP contribution in [0.2, 0.25) is 0 Å². The lowest BCUT2D eigenvalue weighted by molar-refractivity contribution is -0.119. The van der Waals surface area contributed by atoms with Crippen molar-refractivity contribution in [1.29, 1.82) is 0 Å². The summed E-state index contributed by atoms with van der Waals surface area (Å²) in [6.07, 6.45) is 2.08. The minimum Gasteiger partial charge on any atom is -0.490 e. The molecule has 0 aromatic heterocycles. The molecule has 5 nitrogen and oxygen atoms in total. The van der Waals surface area contributed by atoms with Gasteiger partial charge in [0.1, 0.15) is 0 Å². The van der Waals surface area contributed by atoms with Crippen LogP contribution in [0.15, 0.2) is 18.2 Å².